The Morgan fingerprint density at radius 1 is 0.952 bits per heavy atom. The lowest BCUT2D eigenvalue weighted by Gasteiger charge is -2.30. The Morgan fingerprint density at radius 3 is 1.81 bits per heavy atom. The molecule has 0 N–H and O–H groups in total. The van der Waals surface area contributed by atoms with Crippen molar-refractivity contribution >= 4 is 28.2 Å². The summed E-state index contributed by atoms with van der Waals surface area (Å²) in [6.07, 6.45) is 7.01. The summed E-state index contributed by atoms with van der Waals surface area (Å²) in [4.78, 5) is 33.5. The van der Waals surface area contributed by atoms with E-state index in [1.807, 2.05) is 23.9 Å². The van der Waals surface area contributed by atoms with Crippen molar-refractivity contribution < 1.29 is 28.6 Å². The smallest absolute Gasteiger partial charge is 0.388 e. The summed E-state index contributed by atoms with van der Waals surface area (Å²) < 4.78 is 14.8. The summed E-state index contributed by atoms with van der Waals surface area (Å²) in [6, 6.07) is 0. The van der Waals surface area contributed by atoms with Gasteiger partial charge in [-0.1, -0.05) is 18.2 Å². The standard InChI is InChI=1S/C14H22O6Si/c1-11(15)18-14(19-12(2)16,20-13(3)17)9-7-5-4-6-8-10-21/h4,6,8,10H,5,7,9H2,1-3,21H3. The maximum absolute atomic E-state index is 11.2. The van der Waals surface area contributed by atoms with Crippen LogP contribution in [0.3, 0.4) is 0 Å². The minimum Gasteiger partial charge on any atom is -0.388 e. The molecule has 0 atom stereocenters. The SMILES string of the molecule is CC(=O)OC(CCCC=CC=C[SiH3])(OC(C)=O)OC(C)=O. The second-order valence-electron chi connectivity index (χ2n) is 4.31. The molecule has 0 aliphatic carbocycles. The number of ether oxygens (including phenoxy) is 3. The van der Waals surface area contributed by atoms with Crippen molar-refractivity contribution in [1.82, 2.24) is 0 Å². The molecule has 0 spiro atoms. The molecular weight excluding hydrogens is 292 g/mol. The third-order valence-corrected chi connectivity index (χ3v) is 2.58. The monoisotopic (exact) mass is 314 g/mol. The van der Waals surface area contributed by atoms with E-state index in [9.17, 15) is 14.4 Å². The van der Waals surface area contributed by atoms with Gasteiger partial charge >= 0.3 is 23.9 Å². The maximum atomic E-state index is 11.2. The van der Waals surface area contributed by atoms with Crippen molar-refractivity contribution in [3.63, 3.8) is 0 Å². The number of allylic oxidation sites excluding steroid dienone is 3. The molecule has 0 aromatic carbocycles. The highest BCUT2D eigenvalue weighted by Crippen LogP contribution is 2.24. The Bertz CT molecular complexity index is 386. The molecule has 6 nitrogen and oxygen atoms in total. The zero-order valence-corrected chi connectivity index (χ0v) is 14.9. The fraction of sp³-hybridized carbons (Fsp3) is 0.500. The second kappa shape index (κ2) is 9.92. The molecule has 7 heteroatoms. The van der Waals surface area contributed by atoms with Gasteiger partial charge in [-0.25, -0.2) is 0 Å². The second-order valence-corrected chi connectivity index (χ2v) is 4.98. The number of unbranched alkanes of at least 4 members (excludes halogenated alkanes) is 1. The predicted octanol–water partition coefficient (Wildman–Crippen LogP) is 0.935. The molecule has 0 saturated heterocycles. The number of rotatable bonds is 8. The zero-order chi connectivity index (χ0) is 16.3. The minimum atomic E-state index is -1.98. The number of carbonyl (C=O) groups is 3. The molecule has 0 fully saturated rings. The molecule has 0 radical (unpaired) electrons. The van der Waals surface area contributed by atoms with Gasteiger partial charge in [-0.15, -0.1) is 5.70 Å². The van der Waals surface area contributed by atoms with Crippen molar-refractivity contribution in [1.29, 1.82) is 0 Å². The van der Waals surface area contributed by atoms with E-state index in [1.165, 1.54) is 0 Å². The first-order valence-corrected chi connectivity index (χ1v) is 7.83. The Morgan fingerprint density at radius 2 is 1.43 bits per heavy atom. The minimum absolute atomic E-state index is 0.0701. The number of carbonyl (C=O) groups excluding carboxylic acids is 3. The Hall–Kier alpha value is -1.89. The van der Waals surface area contributed by atoms with Crippen LogP contribution in [0.1, 0.15) is 40.0 Å². The molecule has 0 saturated carbocycles. The molecule has 0 bridgehead atoms. The molecule has 0 aliphatic heterocycles. The van der Waals surface area contributed by atoms with Crippen LogP contribution in [-0.2, 0) is 28.6 Å². The lowest BCUT2D eigenvalue weighted by Crippen LogP contribution is -2.43. The quantitative estimate of drug-likeness (QED) is 0.218. The zero-order valence-electron chi connectivity index (χ0n) is 12.9. The first-order valence-electron chi connectivity index (χ1n) is 6.68. The number of hydrogen-bond acceptors (Lipinski definition) is 6. The van der Waals surface area contributed by atoms with Gasteiger partial charge in [0.15, 0.2) is 0 Å². The van der Waals surface area contributed by atoms with Crippen LogP contribution in [0.15, 0.2) is 23.9 Å². The first-order chi connectivity index (χ1) is 9.81. The third-order valence-electron chi connectivity index (χ3n) is 2.19. The topological polar surface area (TPSA) is 78.9 Å². The fourth-order valence-electron chi connectivity index (χ4n) is 1.59. The first kappa shape index (κ1) is 19.1. The Balaban J connectivity index is 4.84. The molecule has 0 amide bonds. The van der Waals surface area contributed by atoms with Gasteiger partial charge < -0.3 is 14.2 Å². The van der Waals surface area contributed by atoms with Crippen LogP contribution in [-0.4, -0.2) is 34.1 Å². The van der Waals surface area contributed by atoms with Crippen LogP contribution >= 0.6 is 0 Å². The highest BCUT2D eigenvalue weighted by atomic mass is 28.1. The van der Waals surface area contributed by atoms with Gasteiger partial charge in [-0.05, 0) is 12.8 Å². The molecule has 0 aromatic rings. The average Bonchev–Trinajstić information content (AvgIpc) is 2.30. The molecule has 0 aliphatic rings. The van der Waals surface area contributed by atoms with Gasteiger partial charge in [-0.3, -0.25) is 14.4 Å². The van der Waals surface area contributed by atoms with Crippen molar-refractivity contribution in [2.45, 2.75) is 46.0 Å². The van der Waals surface area contributed by atoms with E-state index >= 15 is 0 Å². The normalized spacial score (nSPS) is 11.8. The van der Waals surface area contributed by atoms with Crippen LogP contribution in [0.5, 0.6) is 0 Å². The van der Waals surface area contributed by atoms with Gasteiger partial charge in [0.1, 0.15) is 0 Å². The van der Waals surface area contributed by atoms with Crippen molar-refractivity contribution in [2.75, 3.05) is 0 Å². The van der Waals surface area contributed by atoms with E-state index in [0.29, 0.717) is 12.8 Å². The van der Waals surface area contributed by atoms with Gasteiger partial charge in [-0.2, -0.15) is 0 Å². The van der Waals surface area contributed by atoms with Crippen molar-refractivity contribution in [3.8, 4) is 0 Å². The molecule has 0 heterocycles. The van der Waals surface area contributed by atoms with Crippen LogP contribution in [0.4, 0.5) is 0 Å². The molecular formula is C14H22O6Si. The predicted molar refractivity (Wildman–Crippen MR) is 80.1 cm³/mol. The lowest BCUT2D eigenvalue weighted by atomic mass is 10.2. The van der Waals surface area contributed by atoms with Gasteiger partial charge in [0.05, 0.1) is 6.42 Å². The Labute approximate surface area is 127 Å². The van der Waals surface area contributed by atoms with Crippen molar-refractivity contribution in [2.24, 2.45) is 0 Å². The van der Waals surface area contributed by atoms with E-state index < -0.39 is 23.9 Å². The van der Waals surface area contributed by atoms with Crippen molar-refractivity contribution in [3.05, 3.63) is 23.9 Å². The summed E-state index contributed by atoms with van der Waals surface area (Å²) in [5.74, 6) is -4.09. The number of hydrogen-bond donors (Lipinski definition) is 0. The van der Waals surface area contributed by atoms with E-state index in [4.69, 9.17) is 14.2 Å². The summed E-state index contributed by atoms with van der Waals surface area (Å²) in [6.45, 7) is 3.45. The highest BCUT2D eigenvalue weighted by Gasteiger charge is 2.40. The summed E-state index contributed by atoms with van der Waals surface area (Å²) in [5, 5.41) is 0. The molecule has 21 heavy (non-hydrogen) atoms. The average molecular weight is 314 g/mol. The van der Waals surface area contributed by atoms with Gasteiger partial charge in [0.25, 0.3) is 0 Å². The Kier molecular flexibility index (Phi) is 9.03. The largest absolute Gasteiger partial charge is 0.423 e. The van der Waals surface area contributed by atoms with E-state index in [2.05, 4.69) is 0 Å². The summed E-state index contributed by atoms with van der Waals surface area (Å²) >= 11 is 0. The molecule has 0 aromatic heterocycles. The van der Waals surface area contributed by atoms with Crippen LogP contribution in [0.25, 0.3) is 0 Å². The van der Waals surface area contributed by atoms with E-state index in [1.54, 1.807) is 0 Å². The fourth-order valence-corrected chi connectivity index (χ4v) is 1.82. The van der Waals surface area contributed by atoms with Crippen LogP contribution < -0.4 is 0 Å². The van der Waals surface area contributed by atoms with Gasteiger partial charge in [0, 0.05) is 31.0 Å². The summed E-state index contributed by atoms with van der Waals surface area (Å²) in [5.41, 5.74) is 2.03. The number of esters is 3. The molecule has 0 unspecified atom stereocenters. The molecule has 118 valence electrons. The van der Waals surface area contributed by atoms with E-state index in [0.717, 1.165) is 31.0 Å². The van der Waals surface area contributed by atoms with Crippen LogP contribution in [0, 0.1) is 0 Å². The molecule has 0 rings (SSSR count). The maximum Gasteiger partial charge on any atom is 0.423 e. The summed E-state index contributed by atoms with van der Waals surface area (Å²) in [7, 11) is 0.991. The lowest BCUT2D eigenvalue weighted by molar-refractivity contribution is -0.330. The highest BCUT2D eigenvalue weighted by molar-refractivity contribution is 6.17. The van der Waals surface area contributed by atoms with Gasteiger partial charge in [0.2, 0.25) is 0 Å². The third kappa shape index (κ3) is 9.61. The van der Waals surface area contributed by atoms with Crippen LogP contribution in [0.2, 0.25) is 0 Å². The van der Waals surface area contributed by atoms with E-state index in [-0.39, 0.29) is 6.42 Å².